The van der Waals surface area contributed by atoms with Gasteiger partial charge in [0.05, 0.1) is 67.6 Å². The van der Waals surface area contributed by atoms with Crippen LogP contribution in [0.15, 0.2) is 18.2 Å². The number of nitro benzene ring substituents is 6. The number of non-ortho nitro benzene ring substituents is 1. The van der Waals surface area contributed by atoms with Crippen molar-refractivity contribution in [3.8, 4) is 0 Å². The Morgan fingerprint density at radius 1 is 0.633 bits per heavy atom. The first-order chi connectivity index (χ1) is 23.1. The fraction of sp³-hybridized carbons (Fsp3) is 0.417. The lowest BCUT2D eigenvalue weighted by Crippen LogP contribution is -2.29. The van der Waals surface area contributed by atoms with Gasteiger partial charge >= 0.3 is 22.7 Å². The van der Waals surface area contributed by atoms with Gasteiger partial charge in [-0.3, -0.25) is 70.3 Å². The predicted octanol–water partition coefficient (Wildman–Crippen LogP) is 2.49. The van der Waals surface area contributed by atoms with Gasteiger partial charge in [-0.2, -0.15) is 0 Å². The van der Waals surface area contributed by atoms with E-state index in [-0.39, 0.29) is 57.1 Å². The van der Waals surface area contributed by atoms with Gasteiger partial charge in [-0.1, -0.05) is 6.92 Å². The minimum atomic E-state index is -1.41. The van der Waals surface area contributed by atoms with Crippen molar-refractivity contribution in [3.63, 3.8) is 0 Å². The van der Waals surface area contributed by atoms with Gasteiger partial charge in [0.1, 0.15) is 12.2 Å². The summed E-state index contributed by atoms with van der Waals surface area (Å²) in [5.41, 5.74) is -11.3. The molecule has 0 unspecified atom stereocenters. The molecule has 0 spiro atoms. The SMILES string of the molecule is CCCNC(=O)COCCOCCNC(=O)CCc1c([N+](=O)[O-])cc([N+](=O)[O-])c(Nc2c([N+](=O)[O-])cc([N+](=O)[O-])cc2[N+](=O)[O-])c1[N+](=O)[O-]. The maximum atomic E-state index is 12.4. The summed E-state index contributed by atoms with van der Waals surface area (Å²) in [7, 11) is 0. The van der Waals surface area contributed by atoms with E-state index >= 15 is 0 Å². The number of nitrogens with zero attached hydrogens (tertiary/aromatic N) is 6. The predicted molar refractivity (Wildman–Crippen MR) is 162 cm³/mol. The van der Waals surface area contributed by atoms with Gasteiger partial charge in [0.2, 0.25) is 11.8 Å². The molecule has 2 rings (SSSR count). The molecule has 0 radical (unpaired) electrons. The summed E-state index contributed by atoms with van der Waals surface area (Å²) in [6.45, 7) is 2.17. The molecule has 2 aromatic rings. The van der Waals surface area contributed by atoms with E-state index in [4.69, 9.17) is 9.47 Å². The average molecular weight is 698 g/mol. The van der Waals surface area contributed by atoms with E-state index in [0.29, 0.717) is 6.54 Å². The van der Waals surface area contributed by atoms with Crippen molar-refractivity contribution < 1.29 is 48.6 Å². The van der Waals surface area contributed by atoms with Crippen LogP contribution in [0.3, 0.4) is 0 Å². The summed E-state index contributed by atoms with van der Waals surface area (Å²) < 4.78 is 10.4. The molecule has 0 aromatic heterocycles. The smallest absolute Gasteiger partial charge is 0.309 e. The number of carbonyl (C=O) groups excluding carboxylic acids is 2. The Labute approximate surface area is 272 Å². The monoisotopic (exact) mass is 697 g/mol. The molecule has 0 aliphatic rings. The lowest BCUT2D eigenvalue weighted by atomic mass is 10.0. The Hall–Kier alpha value is -6.50. The summed E-state index contributed by atoms with van der Waals surface area (Å²) in [6, 6.07) is 0.774. The topological polar surface area (TPSA) is 348 Å². The highest BCUT2D eigenvalue weighted by molar-refractivity contribution is 5.90. The summed E-state index contributed by atoms with van der Waals surface area (Å²) >= 11 is 0. The number of nitro groups is 6. The molecule has 0 heterocycles. The van der Waals surface area contributed by atoms with Crippen LogP contribution < -0.4 is 16.0 Å². The van der Waals surface area contributed by atoms with Crippen LogP contribution in [0.4, 0.5) is 45.5 Å². The molecule has 2 amide bonds. The van der Waals surface area contributed by atoms with E-state index in [1.54, 1.807) is 0 Å². The normalized spacial score (nSPS) is 10.6. The molecule has 25 nitrogen and oxygen atoms in total. The maximum absolute atomic E-state index is 12.4. The molecule has 3 N–H and O–H groups in total. The second kappa shape index (κ2) is 18.0. The molecule has 264 valence electrons. The van der Waals surface area contributed by atoms with Crippen molar-refractivity contribution in [2.45, 2.75) is 26.2 Å². The molecule has 0 fully saturated rings. The molecular formula is C24H27N9O16. The molecule has 0 saturated heterocycles. The molecule has 49 heavy (non-hydrogen) atoms. The van der Waals surface area contributed by atoms with Crippen LogP contribution in [0.25, 0.3) is 0 Å². The summed E-state index contributed by atoms with van der Waals surface area (Å²) in [4.78, 5) is 86.7. The Morgan fingerprint density at radius 3 is 1.67 bits per heavy atom. The fourth-order valence-electron chi connectivity index (χ4n) is 4.09. The van der Waals surface area contributed by atoms with Crippen LogP contribution in [0.1, 0.15) is 25.3 Å². The minimum absolute atomic E-state index is 0.0458. The zero-order chi connectivity index (χ0) is 36.8. The Kier molecular flexibility index (Phi) is 14.2. The van der Waals surface area contributed by atoms with Crippen molar-refractivity contribution in [1.29, 1.82) is 0 Å². The van der Waals surface area contributed by atoms with Crippen molar-refractivity contribution in [3.05, 3.63) is 84.4 Å². The largest absolute Gasteiger partial charge is 0.377 e. The second-order valence-corrected chi connectivity index (χ2v) is 9.51. The lowest BCUT2D eigenvalue weighted by molar-refractivity contribution is -0.403. The molecular weight excluding hydrogens is 670 g/mol. The molecule has 2 aromatic carbocycles. The second-order valence-electron chi connectivity index (χ2n) is 9.51. The van der Waals surface area contributed by atoms with Gasteiger partial charge in [0, 0.05) is 19.5 Å². The molecule has 0 saturated carbocycles. The Balaban J connectivity index is 2.36. The Bertz CT molecular complexity index is 1630. The third-order valence-electron chi connectivity index (χ3n) is 6.22. The van der Waals surface area contributed by atoms with Crippen LogP contribution in [0.5, 0.6) is 0 Å². The highest BCUT2D eigenvalue weighted by Crippen LogP contribution is 2.48. The number of benzene rings is 2. The van der Waals surface area contributed by atoms with E-state index in [1.807, 2.05) is 12.2 Å². The summed E-state index contributed by atoms with van der Waals surface area (Å²) in [5.74, 6) is -1.11. The quantitative estimate of drug-likeness (QED) is 0.0957. The van der Waals surface area contributed by atoms with E-state index < -0.39 is 99.4 Å². The average Bonchev–Trinajstić information content (AvgIpc) is 3.02. The number of hydrogen-bond donors (Lipinski definition) is 3. The van der Waals surface area contributed by atoms with Gasteiger partial charge in [0.25, 0.3) is 11.4 Å². The lowest BCUT2D eigenvalue weighted by Gasteiger charge is -2.12. The van der Waals surface area contributed by atoms with Gasteiger partial charge in [-0.15, -0.1) is 0 Å². The third-order valence-corrected chi connectivity index (χ3v) is 6.22. The van der Waals surface area contributed by atoms with Crippen LogP contribution in [-0.4, -0.2) is 80.9 Å². The number of ether oxygens (including phenoxy) is 2. The Morgan fingerprint density at radius 2 is 1.16 bits per heavy atom. The van der Waals surface area contributed by atoms with Gasteiger partial charge in [-0.25, -0.2) is 0 Å². The zero-order valence-electron chi connectivity index (χ0n) is 25.3. The van der Waals surface area contributed by atoms with Crippen LogP contribution >= 0.6 is 0 Å². The van der Waals surface area contributed by atoms with Gasteiger partial charge in [-0.05, 0) is 12.8 Å². The zero-order valence-corrected chi connectivity index (χ0v) is 25.3. The molecule has 25 heteroatoms. The summed E-state index contributed by atoms with van der Waals surface area (Å²) in [5, 5.41) is 77.4. The van der Waals surface area contributed by atoms with Gasteiger partial charge < -0.3 is 25.4 Å². The van der Waals surface area contributed by atoms with E-state index in [9.17, 15) is 70.3 Å². The molecule has 0 aliphatic carbocycles. The first-order valence-electron chi connectivity index (χ1n) is 13.8. The first kappa shape index (κ1) is 38.7. The standard InChI is InChI=1S/C24H27N9O16/c1-2-5-25-21(35)13-49-9-8-48-7-6-26-20(34)4-3-15-16(29(38)39)12-19(32(44)45)23(24(15)33(46)47)27-22-17(30(40)41)10-14(28(36)37)11-18(22)31(42)43/h10-12,27H,2-9,13H2,1H3,(H,25,35)(H,26,34). The number of amides is 2. The third kappa shape index (κ3) is 10.8. The summed E-state index contributed by atoms with van der Waals surface area (Å²) in [6.07, 6.45) is -0.693. The number of rotatable bonds is 21. The fourth-order valence-corrected chi connectivity index (χ4v) is 4.09. The molecule has 0 aliphatic heterocycles. The van der Waals surface area contributed by atoms with Crippen molar-refractivity contribution in [2.24, 2.45) is 0 Å². The van der Waals surface area contributed by atoms with Crippen LogP contribution in [0.2, 0.25) is 0 Å². The van der Waals surface area contributed by atoms with Gasteiger partial charge in [0.15, 0.2) is 11.4 Å². The van der Waals surface area contributed by atoms with Crippen molar-refractivity contribution >= 4 is 57.3 Å². The number of carbonyl (C=O) groups is 2. The van der Waals surface area contributed by atoms with Crippen LogP contribution in [0, 0.1) is 60.7 Å². The van der Waals surface area contributed by atoms with Crippen LogP contribution in [-0.2, 0) is 25.5 Å². The van der Waals surface area contributed by atoms with E-state index in [1.165, 1.54) is 0 Å². The minimum Gasteiger partial charge on any atom is -0.377 e. The molecule has 0 atom stereocenters. The van der Waals surface area contributed by atoms with Crippen molar-refractivity contribution in [1.82, 2.24) is 10.6 Å². The first-order valence-corrected chi connectivity index (χ1v) is 13.8. The highest BCUT2D eigenvalue weighted by Gasteiger charge is 2.40. The molecule has 0 bridgehead atoms. The van der Waals surface area contributed by atoms with Crippen molar-refractivity contribution in [2.75, 3.05) is 44.8 Å². The van der Waals surface area contributed by atoms with E-state index in [0.717, 1.165) is 6.42 Å². The maximum Gasteiger partial charge on any atom is 0.309 e. The number of hydrogen-bond acceptors (Lipinski definition) is 17. The number of anilines is 2. The van der Waals surface area contributed by atoms with E-state index in [2.05, 4.69) is 10.6 Å². The number of nitrogens with one attached hydrogen (secondary N) is 3. The highest BCUT2D eigenvalue weighted by atomic mass is 16.7.